The molecule has 170 valence electrons. The normalized spacial score (nSPS) is 15.3. The molecule has 1 aliphatic heterocycles. The molecule has 5 rings (SSSR count). The van der Waals surface area contributed by atoms with Gasteiger partial charge in [-0.15, -0.1) is 0 Å². The Hall–Kier alpha value is -3.23. The molecule has 7 nitrogen and oxygen atoms in total. The number of aromatic nitrogens is 1. The summed E-state index contributed by atoms with van der Waals surface area (Å²) in [6.45, 7) is 1.29. The van der Waals surface area contributed by atoms with Crippen molar-refractivity contribution < 1.29 is 17.6 Å². The highest BCUT2D eigenvalue weighted by molar-refractivity contribution is 7.89. The number of piperidine rings is 1. The quantitative estimate of drug-likeness (QED) is 0.466. The number of carbonyl (C=O) groups excluding carboxylic acids is 1. The summed E-state index contributed by atoms with van der Waals surface area (Å²) in [6, 6.07) is 20.3. The maximum absolute atomic E-state index is 12.7. The van der Waals surface area contributed by atoms with Gasteiger partial charge in [0.15, 0.2) is 11.5 Å². The van der Waals surface area contributed by atoms with Crippen molar-refractivity contribution in [3.8, 4) is 0 Å². The third-order valence-corrected chi connectivity index (χ3v) is 7.63. The lowest BCUT2D eigenvalue weighted by Crippen LogP contribution is -2.39. The zero-order valence-corrected chi connectivity index (χ0v) is 18.9. The van der Waals surface area contributed by atoms with Gasteiger partial charge in [0, 0.05) is 32.0 Å². The fraction of sp³-hybridized carbons (Fsp3) is 0.280. The molecule has 0 bridgehead atoms. The Labute approximate surface area is 192 Å². The van der Waals surface area contributed by atoms with E-state index in [9.17, 15) is 13.2 Å². The average Bonchev–Trinajstić information content (AvgIpc) is 3.28. The summed E-state index contributed by atoms with van der Waals surface area (Å²) in [4.78, 5) is 19.2. The molecule has 2 heterocycles. The number of carbonyl (C=O) groups is 1. The van der Waals surface area contributed by atoms with Crippen LogP contribution in [-0.2, 0) is 14.8 Å². The zero-order valence-electron chi connectivity index (χ0n) is 18.1. The second kappa shape index (κ2) is 8.96. The molecule has 8 heteroatoms. The van der Waals surface area contributed by atoms with E-state index in [0.29, 0.717) is 13.1 Å². The van der Waals surface area contributed by atoms with Crippen LogP contribution in [0.2, 0.25) is 0 Å². The van der Waals surface area contributed by atoms with E-state index in [4.69, 9.17) is 4.42 Å². The third-order valence-electron chi connectivity index (χ3n) is 6.17. The molecule has 0 atom stereocenters. The molecule has 0 spiro atoms. The van der Waals surface area contributed by atoms with Gasteiger partial charge in [0.25, 0.3) is 0 Å². The molecule has 0 saturated carbocycles. The van der Waals surface area contributed by atoms with Crippen molar-refractivity contribution in [3.05, 3.63) is 72.6 Å². The minimum absolute atomic E-state index is 0.0489. The van der Waals surface area contributed by atoms with Gasteiger partial charge in [-0.25, -0.2) is 18.1 Å². The molecular formula is C25H25N3O4S. The number of para-hydroxylation sites is 2. The number of likely N-dealkylation sites (tertiary alicyclic amines) is 1. The first-order chi connectivity index (χ1) is 16.0. The van der Waals surface area contributed by atoms with Crippen LogP contribution in [0.4, 0.5) is 0 Å². The molecule has 1 fully saturated rings. The van der Waals surface area contributed by atoms with Gasteiger partial charge < -0.3 is 9.32 Å². The molecule has 1 aliphatic rings. The molecule has 4 aromatic rings. The first kappa shape index (κ1) is 21.6. The van der Waals surface area contributed by atoms with Gasteiger partial charge in [-0.1, -0.05) is 42.5 Å². The minimum atomic E-state index is -3.68. The summed E-state index contributed by atoms with van der Waals surface area (Å²) >= 11 is 0. The molecule has 1 saturated heterocycles. The van der Waals surface area contributed by atoms with Crippen LogP contribution >= 0.6 is 0 Å². The van der Waals surface area contributed by atoms with Crippen LogP contribution in [0.1, 0.15) is 31.1 Å². The number of rotatable bonds is 6. The van der Waals surface area contributed by atoms with Gasteiger partial charge in [-0.2, -0.15) is 0 Å². The van der Waals surface area contributed by atoms with Crippen LogP contribution in [-0.4, -0.2) is 43.8 Å². The number of hydrogen-bond donors (Lipinski definition) is 1. The monoisotopic (exact) mass is 463 g/mol. The predicted molar refractivity (Wildman–Crippen MR) is 126 cm³/mol. The first-order valence-electron chi connectivity index (χ1n) is 11.1. The van der Waals surface area contributed by atoms with Crippen molar-refractivity contribution in [2.45, 2.75) is 30.1 Å². The van der Waals surface area contributed by atoms with Crippen molar-refractivity contribution in [3.63, 3.8) is 0 Å². The largest absolute Gasteiger partial charge is 0.440 e. The molecule has 1 aromatic heterocycles. The van der Waals surface area contributed by atoms with Crippen molar-refractivity contribution in [1.29, 1.82) is 0 Å². The number of hydrogen-bond acceptors (Lipinski definition) is 5. The number of nitrogens with one attached hydrogen (secondary N) is 1. The zero-order chi connectivity index (χ0) is 22.8. The van der Waals surface area contributed by atoms with E-state index >= 15 is 0 Å². The van der Waals surface area contributed by atoms with Crippen LogP contribution in [0.3, 0.4) is 0 Å². The highest BCUT2D eigenvalue weighted by Crippen LogP contribution is 2.30. The van der Waals surface area contributed by atoms with Crippen LogP contribution in [0.25, 0.3) is 21.9 Å². The van der Waals surface area contributed by atoms with Crippen molar-refractivity contribution in [1.82, 2.24) is 14.6 Å². The van der Waals surface area contributed by atoms with Crippen molar-refractivity contribution >= 4 is 37.8 Å². The molecule has 0 unspecified atom stereocenters. The third kappa shape index (κ3) is 4.62. The van der Waals surface area contributed by atoms with E-state index in [-0.39, 0.29) is 29.7 Å². The van der Waals surface area contributed by atoms with Crippen LogP contribution in [0.5, 0.6) is 0 Å². The van der Waals surface area contributed by atoms with Gasteiger partial charge in [-0.3, -0.25) is 4.79 Å². The molecule has 1 amide bonds. The van der Waals surface area contributed by atoms with Gasteiger partial charge in [0.2, 0.25) is 15.9 Å². The summed E-state index contributed by atoms with van der Waals surface area (Å²) < 4.78 is 33.8. The van der Waals surface area contributed by atoms with Crippen LogP contribution in [0, 0.1) is 0 Å². The van der Waals surface area contributed by atoms with E-state index in [0.717, 1.165) is 40.6 Å². The average molecular weight is 464 g/mol. The Balaban J connectivity index is 1.13. The maximum atomic E-state index is 12.7. The van der Waals surface area contributed by atoms with E-state index in [2.05, 4.69) is 9.71 Å². The highest BCUT2D eigenvalue weighted by Gasteiger charge is 2.27. The summed E-state index contributed by atoms with van der Waals surface area (Å²) in [6.07, 6.45) is 1.68. The number of amides is 1. The summed E-state index contributed by atoms with van der Waals surface area (Å²) in [7, 11) is -3.68. The number of nitrogens with zero attached hydrogens (tertiary/aromatic N) is 2. The molecule has 33 heavy (non-hydrogen) atoms. The maximum Gasteiger partial charge on any atom is 0.240 e. The second-order valence-corrected chi connectivity index (χ2v) is 10.1. The number of fused-ring (bicyclic) bond motifs is 2. The highest BCUT2D eigenvalue weighted by atomic mass is 32.2. The molecule has 0 radical (unpaired) electrons. The van der Waals surface area contributed by atoms with Gasteiger partial charge in [-0.05, 0) is 47.9 Å². The number of benzene rings is 3. The molecular weight excluding hydrogens is 438 g/mol. The number of sulfonamides is 1. The summed E-state index contributed by atoms with van der Waals surface area (Å²) in [5.41, 5.74) is 1.63. The standard InChI is InChI=1S/C25H25N3O4S/c29-24(11-14-26-33(30,31)21-10-9-18-5-1-2-6-20(18)17-21)28-15-12-19(13-16-28)25-27-22-7-3-4-8-23(22)32-25/h1-10,17,19,26H,11-16H2. The van der Waals surface area contributed by atoms with E-state index in [1.165, 1.54) is 0 Å². The van der Waals surface area contributed by atoms with Crippen molar-refractivity contribution in [2.24, 2.45) is 0 Å². The van der Waals surface area contributed by atoms with Crippen LogP contribution < -0.4 is 4.72 Å². The van der Waals surface area contributed by atoms with Crippen LogP contribution in [0.15, 0.2) is 76.0 Å². The smallest absolute Gasteiger partial charge is 0.240 e. The topological polar surface area (TPSA) is 92.5 Å². The number of oxazole rings is 1. The Bertz CT molecular complexity index is 1370. The van der Waals surface area contributed by atoms with Gasteiger partial charge in [0.1, 0.15) is 5.52 Å². The SMILES string of the molecule is O=C(CCNS(=O)(=O)c1ccc2ccccc2c1)N1CCC(c2nc3ccccc3o2)CC1. The van der Waals surface area contributed by atoms with Gasteiger partial charge >= 0.3 is 0 Å². The van der Waals surface area contributed by atoms with E-state index in [1.807, 2.05) is 48.5 Å². The Morgan fingerprint density at radius 3 is 2.52 bits per heavy atom. The fourth-order valence-corrected chi connectivity index (χ4v) is 5.38. The minimum Gasteiger partial charge on any atom is -0.440 e. The summed E-state index contributed by atoms with van der Waals surface area (Å²) in [5.74, 6) is 0.867. The predicted octanol–water partition coefficient (Wildman–Crippen LogP) is 4.06. The van der Waals surface area contributed by atoms with E-state index in [1.54, 1.807) is 23.1 Å². The van der Waals surface area contributed by atoms with E-state index < -0.39 is 10.0 Å². The molecule has 3 aromatic carbocycles. The second-order valence-electron chi connectivity index (χ2n) is 8.33. The molecule has 1 N–H and O–H groups in total. The lowest BCUT2D eigenvalue weighted by atomic mass is 9.96. The molecule has 0 aliphatic carbocycles. The first-order valence-corrected chi connectivity index (χ1v) is 12.6. The Morgan fingerprint density at radius 1 is 1.00 bits per heavy atom. The Morgan fingerprint density at radius 2 is 1.73 bits per heavy atom. The lowest BCUT2D eigenvalue weighted by molar-refractivity contribution is -0.132. The Kier molecular flexibility index (Phi) is 5.86. The lowest BCUT2D eigenvalue weighted by Gasteiger charge is -2.30. The van der Waals surface area contributed by atoms with Gasteiger partial charge in [0.05, 0.1) is 4.90 Å². The fourth-order valence-electron chi connectivity index (χ4n) is 4.31. The van der Waals surface area contributed by atoms with Crippen molar-refractivity contribution in [2.75, 3.05) is 19.6 Å². The summed E-state index contributed by atoms with van der Waals surface area (Å²) in [5, 5.41) is 1.84.